The highest BCUT2D eigenvalue weighted by molar-refractivity contribution is 9.10. The molecule has 0 aliphatic rings. The summed E-state index contributed by atoms with van der Waals surface area (Å²) in [5, 5.41) is 3.20. The molecule has 94 valence electrons. The predicted octanol–water partition coefficient (Wildman–Crippen LogP) is 3.15. The number of rotatable bonds is 4. The molecule has 18 heavy (non-hydrogen) atoms. The standard InChI is InChI=1S/C13H13BrFN3/c1-2-16-6-9-7-17-13(18-8-9)11-4-3-10(15)5-12(11)14/h3-5,7-8,16H,2,6H2,1H3. The molecular formula is C13H13BrFN3. The minimum absolute atomic E-state index is 0.283. The van der Waals surface area contributed by atoms with Gasteiger partial charge < -0.3 is 5.32 Å². The van der Waals surface area contributed by atoms with E-state index in [0.717, 1.165) is 24.2 Å². The van der Waals surface area contributed by atoms with Crippen LogP contribution in [-0.2, 0) is 6.54 Å². The largest absolute Gasteiger partial charge is 0.313 e. The number of hydrogen-bond acceptors (Lipinski definition) is 3. The second-order valence-corrected chi connectivity index (χ2v) is 4.67. The Kier molecular flexibility index (Phi) is 4.38. The van der Waals surface area contributed by atoms with Gasteiger partial charge in [0.2, 0.25) is 0 Å². The van der Waals surface area contributed by atoms with Gasteiger partial charge in [-0.3, -0.25) is 0 Å². The summed E-state index contributed by atoms with van der Waals surface area (Å²) >= 11 is 3.31. The van der Waals surface area contributed by atoms with E-state index in [1.807, 2.05) is 6.92 Å². The Labute approximate surface area is 114 Å². The molecule has 0 saturated heterocycles. The van der Waals surface area contributed by atoms with Gasteiger partial charge in [-0.05, 0) is 40.7 Å². The summed E-state index contributed by atoms with van der Waals surface area (Å²) < 4.78 is 13.6. The lowest BCUT2D eigenvalue weighted by Crippen LogP contribution is -2.12. The zero-order chi connectivity index (χ0) is 13.0. The molecule has 3 nitrogen and oxygen atoms in total. The van der Waals surface area contributed by atoms with E-state index in [4.69, 9.17) is 0 Å². The van der Waals surface area contributed by atoms with E-state index < -0.39 is 0 Å². The summed E-state index contributed by atoms with van der Waals surface area (Å²) in [6.45, 7) is 3.71. The van der Waals surface area contributed by atoms with Crippen LogP contribution in [0.25, 0.3) is 11.4 Å². The van der Waals surface area contributed by atoms with Crippen LogP contribution in [0.3, 0.4) is 0 Å². The van der Waals surface area contributed by atoms with Crippen molar-refractivity contribution in [2.75, 3.05) is 6.54 Å². The van der Waals surface area contributed by atoms with Crippen molar-refractivity contribution >= 4 is 15.9 Å². The van der Waals surface area contributed by atoms with Gasteiger partial charge in [-0.2, -0.15) is 0 Å². The molecule has 1 aromatic carbocycles. The van der Waals surface area contributed by atoms with Crippen LogP contribution in [0, 0.1) is 5.82 Å². The highest BCUT2D eigenvalue weighted by Gasteiger charge is 2.07. The fraction of sp³-hybridized carbons (Fsp3) is 0.231. The fourth-order valence-corrected chi connectivity index (χ4v) is 2.05. The topological polar surface area (TPSA) is 37.8 Å². The van der Waals surface area contributed by atoms with Gasteiger partial charge in [0.1, 0.15) is 5.82 Å². The maximum atomic E-state index is 13.0. The van der Waals surface area contributed by atoms with Crippen LogP contribution >= 0.6 is 15.9 Å². The Balaban J connectivity index is 2.23. The molecule has 0 fully saturated rings. The fourth-order valence-electron chi connectivity index (χ4n) is 1.53. The summed E-state index contributed by atoms with van der Waals surface area (Å²) in [4.78, 5) is 8.58. The Morgan fingerprint density at radius 2 is 2.00 bits per heavy atom. The van der Waals surface area contributed by atoms with Crippen LogP contribution in [0.5, 0.6) is 0 Å². The van der Waals surface area contributed by atoms with Gasteiger partial charge in [0.15, 0.2) is 5.82 Å². The van der Waals surface area contributed by atoms with Crippen LogP contribution in [0.15, 0.2) is 35.1 Å². The number of aromatic nitrogens is 2. The first-order valence-electron chi connectivity index (χ1n) is 5.67. The monoisotopic (exact) mass is 309 g/mol. The SMILES string of the molecule is CCNCc1cnc(-c2ccc(F)cc2Br)nc1. The molecule has 0 aliphatic heterocycles. The number of benzene rings is 1. The maximum Gasteiger partial charge on any atom is 0.160 e. The third kappa shape index (κ3) is 3.11. The second kappa shape index (κ2) is 6.02. The van der Waals surface area contributed by atoms with E-state index in [1.165, 1.54) is 12.1 Å². The summed E-state index contributed by atoms with van der Waals surface area (Å²) in [6.07, 6.45) is 3.56. The molecule has 5 heteroatoms. The zero-order valence-corrected chi connectivity index (χ0v) is 11.5. The van der Waals surface area contributed by atoms with Crippen molar-refractivity contribution < 1.29 is 4.39 Å². The Bertz CT molecular complexity index is 528. The Morgan fingerprint density at radius 3 is 2.61 bits per heavy atom. The quantitative estimate of drug-likeness (QED) is 0.942. The van der Waals surface area contributed by atoms with Crippen LogP contribution in [0.4, 0.5) is 4.39 Å². The smallest absolute Gasteiger partial charge is 0.160 e. The van der Waals surface area contributed by atoms with Crippen LogP contribution in [0.1, 0.15) is 12.5 Å². The average molecular weight is 310 g/mol. The lowest BCUT2D eigenvalue weighted by molar-refractivity contribution is 0.627. The molecule has 0 saturated carbocycles. The molecule has 0 atom stereocenters. The van der Waals surface area contributed by atoms with Crippen molar-refractivity contribution in [3.63, 3.8) is 0 Å². The molecule has 2 aromatic rings. The van der Waals surface area contributed by atoms with E-state index in [2.05, 4.69) is 31.2 Å². The summed E-state index contributed by atoms with van der Waals surface area (Å²) in [7, 11) is 0. The summed E-state index contributed by atoms with van der Waals surface area (Å²) in [5.41, 5.74) is 1.81. The second-order valence-electron chi connectivity index (χ2n) is 3.82. The third-order valence-corrected chi connectivity index (χ3v) is 3.11. The van der Waals surface area contributed by atoms with Crippen molar-refractivity contribution in [1.29, 1.82) is 0 Å². The van der Waals surface area contributed by atoms with E-state index in [0.29, 0.717) is 10.3 Å². The molecule has 0 spiro atoms. The summed E-state index contributed by atoms with van der Waals surface area (Å²) in [6, 6.07) is 4.47. The van der Waals surface area contributed by atoms with Gasteiger partial charge in [-0.25, -0.2) is 14.4 Å². The molecule has 0 amide bonds. The third-order valence-electron chi connectivity index (χ3n) is 2.46. The van der Waals surface area contributed by atoms with Gasteiger partial charge in [-0.1, -0.05) is 6.92 Å². The van der Waals surface area contributed by atoms with Gasteiger partial charge in [0.05, 0.1) is 0 Å². The van der Waals surface area contributed by atoms with E-state index in [-0.39, 0.29) is 5.82 Å². The van der Waals surface area contributed by atoms with Crippen molar-refractivity contribution in [2.24, 2.45) is 0 Å². The van der Waals surface area contributed by atoms with Crippen LogP contribution in [0.2, 0.25) is 0 Å². The zero-order valence-electron chi connectivity index (χ0n) is 9.95. The molecular weight excluding hydrogens is 297 g/mol. The molecule has 2 rings (SSSR count). The van der Waals surface area contributed by atoms with Gasteiger partial charge in [0, 0.05) is 34.5 Å². The van der Waals surface area contributed by atoms with Gasteiger partial charge in [0.25, 0.3) is 0 Å². The molecule has 1 aromatic heterocycles. The molecule has 1 N–H and O–H groups in total. The molecule has 1 heterocycles. The first-order valence-corrected chi connectivity index (χ1v) is 6.47. The lowest BCUT2D eigenvalue weighted by Gasteiger charge is -2.05. The molecule has 0 radical (unpaired) electrons. The Hall–Kier alpha value is -1.33. The highest BCUT2D eigenvalue weighted by atomic mass is 79.9. The van der Waals surface area contributed by atoms with E-state index >= 15 is 0 Å². The highest BCUT2D eigenvalue weighted by Crippen LogP contribution is 2.25. The average Bonchev–Trinajstić information content (AvgIpc) is 2.37. The van der Waals surface area contributed by atoms with E-state index in [1.54, 1.807) is 18.5 Å². The first kappa shape index (κ1) is 13.1. The lowest BCUT2D eigenvalue weighted by atomic mass is 10.2. The van der Waals surface area contributed by atoms with Crippen molar-refractivity contribution in [3.05, 3.63) is 46.4 Å². The predicted molar refractivity (Wildman–Crippen MR) is 72.5 cm³/mol. The number of nitrogens with zero attached hydrogens (tertiary/aromatic N) is 2. The normalized spacial score (nSPS) is 10.6. The molecule has 0 unspecified atom stereocenters. The van der Waals surface area contributed by atoms with Gasteiger partial charge >= 0.3 is 0 Å². The van der Waals surface area contributed by atoms with Crippen LogP contribution < -0.4 is 5.32 Å². The number of halogens is 2. The summed E-state index contributed by atoms with van der Waals surface area (Å²) in [5.74, 6) is 0.302. The van der Waals surface area contributed by atoms with Crippen molar-refractivity contribution in [3.8, 4) is 11.4 Å². The van der Waals surface area contributed by atoms with Crippen molar-refractivity contribution in [1.82, 2.24) is 15.3 Å². The van der Waals surface area contributed by atoms with Crippen LogP contribution in [-0.4, -0.2) is 16.5 Å². The molecule has 0 bridgehead atoms. The van der Waals surface area contributed by atoms with Crippen molar-refractivity contribution in [2.45, 2.75) is 13.5 Å². The number of hydrogen-bond donors (Lipinski definition) is 1. The van der Waals surface area contributed by atoms with E-state index in [9.17, 15) is 4.39 Å². The minimum atomic E-state index is -0.283. The maximum absolute atomic E-state index is 13.0. The molecule has 0 aliphatic carbocycles. The Morgan fingerprint density at radius 1 is 1.28 bits per heavy atom. The van der Waals surface area contributed by atoms with Gasteiger partial charge in [-0.15, -0.1) is 0 Å². The first-order chi connectivity index (χ1) is 8.70. The minimum Gasteiger partial charge on any atom is -0.313 e. The number of nitrogens with one attached hydrogen (secondary N) is 1.